The molecule has 0 saturated carbocycles. The first kappa shape index (κ1) is 11.7. The molecule has 0 unspecified atom stereocenters. The van der Waals surface area contributed by atoms with E-state index in [1.54, 1.807) is 6.07 Å². The van der Waals surface area contributed by atoms with Gasteiger partial charge >= 0.3 is 0 Å². The van der Waals surface area contributed by atoms with E-state index in [0.717, 1.165) is 10.6 Å². The molecular weight excluding hydrogens is 233 g/mol. The fraction of sp³-hybridized carbons (Fsp3) is 0.0714. The molecule has 0 aliphatic rings. The molecule has 0 fully saturated rings. The van der Waals surface area contributed by atoms with E-state index in [0.29, 0.717) is 5.56 Å². The maximum absolute atomic E-state index is 13.2. The number of nitriles is 1. The van der Waals surface area contributed by atoms with Crippen molar-refractivity contribution in [3.8, 4) is 6.07 Å². The Hall–Kier alpha value is -1.79. The molecule has 2 aromatic carbocycles. The topological polar surface area (TPSA) is 23.8 Å². The summed E-state index contributed by atoms with van der Waals surface area (Å²) in [6.45, 7) is 0. The van der Waals surface area contributed by atoms with Crippen LogP contribution in [0.4, 0.5) is 4.39 Å². The van der Waals surface area contributed by atoms with Crippen LogP contribution in [0, 0.1) is 17.1 Å². The van der Waals surface area contributed by atoms with Crippen molar-refractivity contribution >= 4 is 11.8 Å². The third-order valence-corrected chi connectivity index (χ3v) is 3.30. The van der Waals surface area contributed by atoms with Gasteiger partial charge in [0.05, 0.1) is 11.6 Å². The fourth-order valence-electron chi connectivity index (χ4n) is 1.45. The monoisotopic (exact) mass is 243 g/mol. The van der Waals surface area contributed by atoms with Crippen LogP contribution < -0.4 is 0 Å². The van der Waals surface area contributed by atoms with Crippen LogP contribution in [0.15, 0.2) is 53.4 Å². The highest BCUT2D eigenvalue weighted by Crippen LogP contribution is 2.24. The van der Waals surface area contributed by atoms with E-state index in [-0.39, 0.29) is 5.82 Å². The normalized spacial score (nSPS) is 9.88. The van der Waals surface area contributed by atoms with E-state index in [9.17, 15) is 4.39 Å². The average molecular weight is 243 g/mol. The minimum Gasteiger partial charge on any atom is -0.207 e. The molecule has 2 rings (SSSR count). The van der Waals surface area contributed by atoms with Crippen molar-refractivity contribution in [2.24, 2.45) is 0 Å². The lowest BCUT2D eigenvalue weighted by molar-refractivity contribution is 0.623. The molecule has 0 aromatic heterocycles. The standard InChI is InChI=1S/C14H10FNS/c15-13-6-12(9-16)7-14(8-13)17-10-11-4-2-1-3-5-11/h1-8H,10H2. The van der Waals surface area contributed by atoms with Crippen molar-refractivity contribution in [3.63, 3.8) is 0 Å². The summed E-state index contributed by atoms with van der Waals surface area (Å²) in [5.74, 6) is 0.412. The Morgan fingerprint density at radius 3 is 2.59 bits per heavy atom. The Morgan fingerprint density at radius 2 is 1.88 bits per heavy atom. The van der Waals surface area contributed by atoms with Crippen LogP contribution in [0.2, 0.25) is 0 Å². The molecule has 0 aliphatic heterocycles. The first-order valence-electron chi connectivity index (χ1n) is 5.15. The van der Waals surface area contributed by atoms with Crippen molar-refractivity contribution in [2.45, 2.75) is 10.6 Å². The lowest BCUT2D eigenvalue weighted by atomic mass is 10.2. The molecule has 3 heteroatoms. The molecule has 0 bridgehead atoms. The van der Waals surface area contributed by atoms with Crippen LogP contribution in [0.1, 0.15) is 11.1 Å². The number of halogens is 1. The lowest BCUT2D eigenvalue weighted by Crippen LogP contribution is -1.83. The van der Waals surface area contributed by atoms with Crippen molar-refractivity contribution in [2.75, 3.05) is 0 Å². The molecule has 0 heterocycles. The highest BCUT2D eigenvalue weighted by Gasteiger charge is 2.01. The SMILES string of the molecule is N#Cc1cc(F)cc(SCc2ccccc2)c1. The van der Waals surface area contributed by atoms with Gasteiger partial charge in [0.1, 0.15) is 5.82 Å². The molecule has 0 saturated heterocycles. The zero-order chi connectivity index (χ0) is 12.1. The van der Waals surface area contributed by atoms with Gasteiger partial charge in [0.25, 0.3) is 0 Å². The van der Waals surface area contributed by atoms with E-state index in [1.165, 1.54) is 29.5 Å². The van der Waals surface area contributed by atoms with Gasteiger partial charge in [-0.1, -0.05) is 30.3 Å². The summed E-state index contributed by atoms with van der Waals surface area (Å²) in [5.41, 5.74) is 1.54. The maximum Gasteiger partial charge on any atom is 0.125 e. The first-order valence-corrected chi connectivity index (χ1v) is 6.14. The second-order valence-electron chi connectivity index (χ2n) is 3.56. The van der Waals surface area contributed by atoms with Crippen LogP contribution in [-0.4, -0.2) is 0 Å². The molecule has 2 aromatic rings. The van der Waals surface area contributed by atoms with Gasteiger partial charge in [0.2, 0.25) is 0 Å². The van der Waals surface area contributed by atoms with E-state index in [2.05, 4.69) is 0 Å². The summed E-state index contributed by atoms with van der Waals surface area (Å²) < 4.78 is 13.2. The number of rotatable bonds is 3. The van der Waals surface area contributed by atoms with Crippen molar-refractivity contribution in [1.82, 2.24) is 0 Å². The van der Waals surface area contributed by atoms with Gasteiger partial charge in [-0.3, -0.25) is 0 Å². The number of hydrogen-bond donors (Lipinski definition) is 0. The molecule has 0 aliphatic carbocycles. The molecule has 0 radical (unpaired) electrons. The van der Waals surface area contributed by atoms with Gasteiger partial charge < -0.3 is 0 Å². The van der Waals surface area contributed by atoms with Gasteiger partial charge in [-0.05, 0) is 23.8 Å². The average Bonchev–Trinajstić information content (AvgIpc) is 2.37. The van der Waals surface area contributed by atoms with Gasteiger partial charge in [0, 0.05) is 10.6 Å². The second kappa shape index (κ2) is 5.51. The molecule has 0 atom stereocenters. The number of nitrogens with zero attached hydrogens (tertiary/aromatic N) is 1. The summed E-state index contributed by atoms with van der Waals surface area (Å²) in [7, 11) is 0. The number of thioether (sulfide) groups is 1. The zero-order valence-electron chi connectivity index (χ0n) is 9.06. The largest absolute Gasteiger partial charge is 0.207 e. The maximum atomic E-state index is 13.2. The highest BCUT2D eigenvalue weighted by atomic mass is 32.2. The predicted molar refractivity (Wildman–Crippen MR) is 67.1 cm³/mol. The molecule has 0 N–H and O–H groups in total. The van der Waals surface area contributed by atoms with E-state index in [1.807, 2.05) is 36.4 Å². The summed E-state index contributed by atoms with van der Waals surface area (Å²) in [6, 6.07) is 16.3. The van der Waals surface area contributed by atoms with E-state index >= 15 is 0 Å². The Kier molecular flexibility index (Phi) is 3.79. The molecular formula is C14H10FNS. The summed E-state index contributed by atoms with van der Waals surface area (Å²) in [5, 5.41) is 8.75. The zero-order valence-corrected chi connectivity index (χ0v) is 9.88. The number of benzene rings is 2. The van der Waals surface area contributed by atoms with Gasteiger partial charge in [0.15, 0.2) is 0 Å². The van der Waals surface area contributed by atoms with Crippen LogP contribution in [0.25, 0.3) is 0 Å². The molecule has 0 amide bonds. The van der Waals surface area contributed by atoms with Crippen LogP contribution in [0.5, 0.6) is 0 Å². The van der Waals surface area contributed by atoms with Crippen LogP contribution in [-0.2, 0) is 5.75 Å². The first-order chi connectivity index (χ1) is 8.28. The Labute approximate surface area is 104 Å². The molecule has 84 valence electrons. The lowest BCUT2D eigenvalue weighted by Gasteiger charge is -2.02. The smallest absolute Gasteiger partial charge is 0.125 e. The molecule has 17 heavy (non-hydrogen) atoms. The van der Waals surface area contributed by atoms with Crippen molar-refractivity contribution in [3.05, 3.63) is 65.5 Å². The molecule has 0 spiro atoms. The van der Waals surface area contributed by atoms with Crippen LogP contribution in [0.3, 0.4) is 0 Å². The molecule has 1 nitrogen and oxygen atoms in total. The Bertz CT molecular complexity index is 546. The summed E-state index contributed by atoms with van der Waals surface area (Å²) >= 11 is 1.53. The van der Waals surface area contributed by atoms with Crippen molar-refractivity contribution in [1.29, 1.82) is 5.26 Å². The second-order valence-corrected chi connectivity index (χ2v) is 4.61. The minimum atomic E-state index is -0.361. The summed E-state index contributed by atoms with van der Waals surface area (Å²) in [6.07, 6.45) is 0. The van der Waals surface area contributed by atoms with Gasteiger partial charge in [-0.15, -0.1) is 11.8 Å². The van der Waals surface area contributed by atoms with Gasteiger partial charge in [-0.2, -0.15) is 5.26 Å². The quantitative estimate of drug-likeness (QED) is 0.761. The van der Waals surface area contributed by atoms with E-state index in [4.69, 9.17) is 5.26 Å². The fourth-order valence-corrected chi connectivity index (χ4v) is 2.38. The summed E-state index contributed by atoms with van der Waals surface area (Å²) in [4.78, 5) is 0.783. The van der Waals surface area contributed by atoms with Gasteiger partial charge in [-0.25, -0.2) is 4.39 Å². The third-order valence-electron chi connectivity index (χ3n) is 2.25. The Morgan fingerprint density at radius 1 is 1.12 bits per heavy atom. The number of hydrogen-bond acceptors (Lipinski definition) is 2. The Balaban J connectivity index is 2.10. The minimum absolute atomic E-state index is 0.361. The van der Waals surface area contributed by atoms with Crippen LogP contribution >= 0.6 is 11.8 Å². The predicted octanol–water partition coefficient (Wildman–Crippen LogP) is 3.99. The highest BCUT2D eigenvalue weighted by molar-refractivity contribution is 7.98. The van der Waals surface area contributed by atoms with Crippen molar-refractivity contribution < 1.29 is 4.39 Å². The third kappa shape index (κ3) is 3.33. The van der Waals surface area contributed by atoms with E-state index < -0.39 is 0 Å².